The predicted molar refractivity (Wildman–Crippen MR) is 126 cm³/mol. The summed E-state index contributed by atoms with van der Waals surface area (Å²) in [6.07, 6.45) is 4.43. The summed E-state index contributed by atoms with van der Waals surface area (Å²) in [5, 5.41) is 4.09. The number of ether oxygens (including phenoxy) is 1. The number of hydrogen-bond donors (Lipinski definition) is 0. The molecule has 0 amide bonds. The fraction of sp³-hybridized carbons (Fsp3) is 0.440. The van der Waals surface area contributed by atoms with Crippen molar-refractivity contribution >= 4 is 11.2 Å². The highest BCUT2D eigenvalue weighted by molar-refractivity contribution is 5.85. The summed E-state index contributed by atoms with van der Waals surface area (Å²) in [5.41, 5.74) is 2.22. The van der Waals surface area contributed by atoms with E-state index >= 15 is 0 Å². The van der Waals surface area contributed by atoms with E-state index in [2.05, 4.69) is 30.0 Å². The topological polar surface area (TPSA) is 91.5 Å². The lowest BCUT2D eigenvalue weighted by molar-refractivity contribution is -0.137. The van der Waals surface area contributed by atoms with Crippen molar-refractivity contribution in [2.24, 2.45) is 0 Å². The molecule has 11 heteroatoms. The molecular weight excluding hydrogens is 471 g/mol. The van der Waals surface area contributed by atoms with Gasteiger partial charge in [-0.2, -0.15) is 18.3 Å². The van der Waals surface area contributed by atoms with Crippen LogP contribution >= 0.6 is 0 Å². The lowest BCUT2D eigenvalue weighted by Gasteiger charge is -2.21. The Morgan fingerprint density at radius 3 is 2.31 bits per heavy atom. The van der Waals surface area contributed by atoms with E-state index in [1.165, 1.54) is 18.9 Å². The van der Waals surface area contributed by atoms with E-state index < -0.39 is 11.7 Å². The van der Waals surface area contributed by atoms with Crippen LogP contribution in [0.4, 0.5) is 13.2 Å². The van der Waals surface area contributed by atoms with Crippen molar-refractivity contribution < 1.29 is 17.9 Å². The lowest BCUT2D eigenvalue weighted by atomic mass is 9.99. The Morgan fingerprint density at radius 1 is 0.944 bits per heavy atom. The number of aryl methyl sites for hydroxylation is 2. The van der Waals surface area contributed by atoms with Crippen molar-refractivity contribution in [3.8, 4) is 11.4 Å². The second kappa shape index (κ2) is 9.88. The van der Waals surface area contributed by atoms with Crippen LogP contribution < -0.4 is 0 Å². The zero-order valence-electron chi connectivity index (χ0n) is 20.0. The van der Waals surface area contributed by atoms with Crippen molar-refractivity contribution in [3.05, 3.63) is 59.6 Å². The van der Waals surface area contributed by atoms with Crippen LogP contribution in [0.1, 0.15) is 60.4 Å². The third-order valence-corrected chi connectivity index (χ3v) is 6.33. The fourth-order valence-electron chi connectivity index (χ4n) is 3.98. The van der Waals surface area contributed by atoms with Crippen molar-refractivity contribution in [2.45, 2.75) is 57.7 Å². The van der Waals surface area contributed by atoms with Gasteiger partial charge in [0.25, 0.3) is 0 Å². The quantitative estimate of drug-likeness (QED) is 0.383. The van der Waals surface area contributed by atoms with E-state index in [1.54, 1.807) is 0 Å². The molecule has 0 atom stereocenters. The maximum atomic E-state index is 12.9. The number of nitrogens with zero attached hydrogens (tertiary/aromatic N) is 7. The van der Waals surface area contributed by atoms with Crippen molar-refractivity contribution in [3.63, 3.8) is 0 Å². The molecule has 5 heterocycles. The largest absolute Gasteiger partial charge is 0.417 e. The summed E-state index contributed by atoms with van der Waals surface area (Å²) in [7, 11) is 0. The molecule has 0 N–H and O–H groups in total. The highest BCUT2D eigenvalue weighted by Crippen LogP contribution is 2.34. The van der Waals surface area contributed by atoms with E-state index in [0.29, 0.717) is 47.3 Å². The van der Waals surface area contributed by atoms with Gasteiger partial charge in [0.2, 0.25) is 0 Å². The Hall–Kier alpha value is -3.47. The average molecular weight is 498 g/mol. The van der Waals surface area contributed by atoms with Gasteiger partial charge in [-0.25, -0.2) is 19.9 Å². The molecule has 4 aromatic rings. The van der Waals surface area contributed by atoms with Gasteiger partial charge in [-0.1, -0.05) is 0 Å². The molecule has 6 rings (SSSR count). The molecule has 1 aliphatic carbocycles. The summed E-state index contributed by atoms with van der Waals surface area (Å²) in [4.78, 5) is 22.3. The SMILES string of the molecule is Cc1nc2nc(C3CCOCC3)nc(-c3ccc(C(F)(F)F)cn3)c2nc1C.c1cnn(C2CC2)c1. The summed E-state index contributed by atoms with van der Waals surface area (Å²) >= 11 is 0. The molecule has 1 saturated heterocycles. The first-order valence-corrected chi connectivity index (χ1v) is 11.9. The molecule has 0 radical (unpaired) electrons. The molecule has 8 nitrogen and oxygen atoms in total. The summed E-state index contributed by atoms with van der Waals surface area (Å²) in [5.74, 6) is 0.708. The van der Waals surface area contributed by atoms with Crippen molar-refractivity contribution in [1.82, 2.24) is 34.7 Å². The van der Waals surface area contributed by atoms with Gasteiger partial charge < -0.3 is 4.74 Å². The minimum Gasteiger partial charge on any atom is -0.381 e. The van der Waals surface area contributed by atoms with Crippen LogP contribution in [0.25, 0.3) is 22.6 Å². The van der Waals surface area contributed by atoms with Gasteiger partial charge in [0, 0.05) is 37.7 Å². The van der Waals surface area contributed by atoms with Crippen LogP contribution in [-0.4, -0.2) is 47.9 Å². The Morgan fingerprint density at radius 2 is 1.69 bits per heavy atom. The van der Waals surface area contributed by atoms with Crippen LogP contribution in [0.15, 0.2) is 36.8 Å². The van der Waals surface area contributed by atoms with Gasteiger partial charge in [-0.05, 0) is 57.7 Å². The molecular formula is C25H26F3N7O. The molecule has 0 unspecified atom stereocenters. The third-order valence-electron chi connectivity index (χ3n) is 6.33. The Balaban J connectivity index is 0.000000280. The first-order valence-electron chi connectivity index (χ1n) is 11.9. The Labute approximate surface area is 206 Å². The second-order valence-electron chi connectivity index (χ2n) is 9.03. The van der Waals surface area contributed by atoms with Crippen molar-refractivity contribution in [2.75, 3.05) is 13.2 Å². The smallest absolute Gasteiger partial charge is 0.381 e. The summed E-state index contributed by atoms with van der Waals surface area (Å²) in [6, 6.07) is 5.02. The molecule has 4 aromatic heterocycles. The maximum Gasteiger partial charge on any atom is 0.417 e. The normalized spacial score (nSPS) is 16.6. The Bertz CT molecular complexity index is 1330. The predicted octanol–water partition coefficient (Wildman–Crippen LogP) is 5.23. The maximum absolute atomic E-state index is 12.9. The molecule has 1 aliphatic heterocycles. The first-order chi connectivity index (χ1) is 17.3. The number of hydrogen-bond acceptors (Lipinski definition) is 7. The summed E-state index contributed by atoms with van der Waals surface area (Å²) < 4.78 is 46.1. The highest BCUT2D eigenvalue weighted by atomic mass is 19.4. The van der Waals surface area contributed by atoms with E-state index in [1.807, 2.05) is 37.0 Å². The van der Waals surface area contributed by atoms with E-state index in [0.717, 1.165) is 36.8 Å². The number of alkyl halides is 3. The molecule has 188 valence electrons. The number of aromatic nitrogens is 7. The number of fused-ring (bicyclic) bond motifs is 1. The molecule has 2 aliphatic rings. The van der Waals surface area contributed by atoms with Crippen LogP contribution in [0, 0.1) is 13.8 Å². The third kappa shape index (κ3) is 5.35. The van der Waals surface area contributed by atoms with Crippen LogP contribution in [0.3, 0.4) is 0 Å². The number of halogens is 3. The zero-order chi connectivity index (χ0) is 25.3. The van der Waals surface area contributed by atoms with Gasteiger partial charge in [-0.3, -0.25) is 9.67 Å². The van der Waals surface area contributed by atoms with E-state index in [4.69, 9.17) is 4.74 Å². The fourth-order valence-corrected chi connectivity index (χ4v) is 3.98. The second-order valence-corrected chi connectivity index (χ2v) is 9.03. The number of rotatable bonds is 3. The monoisotopic (exact) mass is 497 g/mol. The molecule has 0 bridgehead atoms. The van der Waals surface area contributed by atoms with Gasteiger partial charge >= 0.3 is 6.18 Å². The molecule has 0 aromatic carbocycles. The first kappa shape index (κ1) is 24.2. The van der Waals surface area contributed by atoms with Crippen LogP contribution in [0.5, 0.6) is 0 Å². The van der Waals surface area contributed by atoms with Crippen LogP contribution in [0.2, 0.25) is 0 Å². The van der Waals surface area contributed by atoms with Crippen LogP contribution in [-0.2, 0) is 10.9 Å². The molecule has 36 heavy (non-hydrogen) atoms. The number of pyridine rings is 1. The lowest BCUT2D eigenvalue weighted by Crippen LogP contribution is -2.17. The minimum absolute atomic E-state index is 0.106. The minimum atomic E-state index is -4.44. The van der Waals surface area contributed by atoms with Gasteiger partial charge in [-0.15, -0.1) is 0 Å². The van der Waals surface area contributed by atoms with Gasteiger partial charge in [0.15, 0.2) is 5.65 Å². The molecule has 1 saturated carbocycles. The zero-order valence-corrected chi connectivity index (χ0v) is 20.0. The standard InChI is InChI=1S/C19H18F3N5O.C6H8N2/c1-10-11(2)25-18-16(24-10)15(14-4-3-13(9-23-14)19(20,21)22)26-17(27-18)12-5-7-28-8-6-12;1-4-7-8(5-1)6-2-3-6/h3-4,9,12H,5-8H2,1-2H3;1,4-6H,2-3H2. The average Bonchev–Trinajstić information content (AvgIpc) is 3.58. The van der Waals surface area contributed by atoms with E-state index in [9.17, 15) is 13.2 Å². The molecule has 2 fully saturated rings. The van der Waals surface area contributed by atoms with Gasteiger partial charge in [0.1, 0.15) is 17.0 Å². The van der Waals surface area contributed by atoms with Crippen molar-refractivity contribution in [1.29, 1.82) is 0 Å². The molecule has 0 spiro atoms. The van der Waals surface area contributed by atoms with E-state index in [-0.39, 0.29) is 5.92 Å². The Kier molecular flexibility index (Phi) is 6.65. The summed E-state index contributed by atoms with van der Waals surface area (Å²) in [6.45, 7) is 4.91. The highest BCUT2D eigenvalue weighted by Gasteiger charge is 2.31. The van der Waals surface area contributed by atoms with Gasteiger partial charge in [0.05, 0.1) is 28.7 Å².